The van der Waals surface area contributed by atoms with Crippen LogP contribution in [0.2, 0.25) is 0 Å². The molecule has 0 saturated carbocycles. The highest BCUT2D eigenvalue weighted by Gasteiger charge is 2.33. The molecule has 0 fully saturated rings. The molecule has 0 spiro atoms. The van der Waals surface area contributed by atoms with Crippen LogP contribution in [0.4, 0.5) is 13.2 Å². The lowest BCUT2D eigenvalue weighted by Gasteiger charge is -2.20. The Morgan fingerprint density at radius 3 is 2.45 bits per heavy atom. The number of alkyl halides is 3. The van der Waals surface area contributed by atoms with Crippen LogP contribution in [0.5, 0.6) is 0 Å². The molecule has 2 amide bonds. The molecule has 9 heteroatoms. The summed E-state index contributed by atoms with van der Waals surface area (Å²) in [4.78, 5) is 37.1. The molecule has 1 rings (SSSR count). The van der Waals surface area contributed by atoms with Crippen LogP contribution in [-0.2, 0) is 15.8 Å². The second-order valence-electron chi connectivity index (χ2n) is 4.86. The summed E-state index contributed by atoms with van der Waals surface area (Å²) in [6, 6.07) is 1.52. The van der Waals surface area contributed by atoms with Crippen molar-refractivity contribution in [2.45, 2.75) is 26.1 Å². The Kier molecular flexibility index (Phi) is 5.72. The molecule has 1 heterocycles. The van der Waals surface area contributed by atoms with Gasteiger partial charge in [0.25, 0.3) is 5.91 Å². The fourth-order valence-electron chi connectivity index (χ4n) is 1.71. The third-order valence-electron chi connectivity index (χ3n) is 2.59. The van der Waals surface area contributed by atoms with Crippen LogP contribution in [0.25, 0.3) is 0 Å². The maximum absolute atomic E-state index is 12.5. The Morgan fingerprint density at radius 1 is 1.36 bits per heavy atom. The molecular weight excluding hydrogens is 303 g/mol. The maximum atomic E-state index is 12.5. The SMILES string of the molecule is CC(C)NC(=O)CN(CC=O)C(=O)c1ccc(C(F)(F)F)[nH]1. The zero-order valence-electron chi connectivity index (χ0n) is 12.0. The fourth-order valence-corrected chi connectivity index (χ4v) is 1.71. The molecule has 0 aliphatic heterocycles. The minimum atomic E-state index is -4.61. The van der Waals surface area contributed by atoms with Crippen molar-refractivity contribution in [2.75, 3.05) is 13.1 Å². The first-order chi connectivity index (χ1) is 10.1. The number of nitrogens with one attached hydrogen (secondary N) is 2. The van der Waals surface area contributed by atoms with Gasteiger partial charge < -0.3 is 20.0 Å². The monoisotopic (exact) mass is 319 g/mol. The third-order valence-corrected chi connectivity index (χ3v) is 2.59. The molecule has 1 aromatic heterocycles. The molecule has 0 aromatic carbocycles. The van der Waals surface area contributed by atoms with E-state index in [0.29, 0.717) is 6.29 Å². The number of hydrogen-bond acceptors (Lipinski definition) is 3. The summed E-state index contributed by atoms with van der Waals surface area (Å²) in [6.07, 6.45) is -4.21. The summed E-state index contributed by atoms with van der Waals surface area (Å²) >= 11 is 0. The largest absolute Gasteiger partial charge is 0.431 e. The number of H-pyrrole nitrogens is 1. The summed E-state index contributed by atoms with van der Waals surface area (Å²) in [7, 11) is 0. The molecule has 0 atom stereocenters. The first-order valence-electron chi connectivity index (χ1n) is 6.43. The van der Waals surface area contributed by atoms with Crippen molar-refractivity contribution in [1.29, 1.82) is 0 Å². The summed E-state index contributed by atoms with van der Waals surface area (Å²) < 4.78 is 37.5. The van der Waals surface area contributed by atoms with Crippen LogP contribution in [0.3, 0.4) is 0 Å². The number of aldehydes is 1. The van der Waals surface area contributed by atoms with Crippen molar-refractivity contribution in [3.8, 4) is 0 Å². The summed E-state index contributed by atoms with van der Waals surface area (Å²) in [6.45, 7) is 2.61. The number of hydrogen-bond donors (Lipinski definition) is 2. The number of aromatic amines is 1. The predicted molar refractivity (Wildman–Crippen MR) is 71.0 cm³/mol. The van der Waals surface area contributed by atoms with Crippen molar-refractivity contribution in [3.63, 3.8) is 0 Å². The van der Waals surface area contributed by atoms with E-state index in [1.54, 1.807) is 13.8 Å². The van der Waals surface area contributed by atoms with E-state index in [4.69, 9.17) is 0 Å². The van der Waals surface area contributed by atoms with Crippen LogP contribution in [0.1, 0.15) is 30.0 Å². The van der Waals surface area contributed by atoms with Gasteiger partial charge in [0.05, 0.1) is 6.54 Å². The van der Waals surface area contributed by atoms with Crippen molar-refractivity contribution in [1.82, 2.24) is 15.2 Å². The number of nitrogens with zero attached hydrogens (tertiary/aromatic N) is 1. The standard InChI is InChI=1S/C13H16F3N3O3/c1-8(2)17-11(21)7-19(5-6-20)12(22)9-3-4-10(18-9)13(14,15)16/h3-4,6,8,18H,5,7H2,1-2H3,(H,17,21). The molecule has 2 N–H and O–H groups in total. The minimum Gasteiger partial charge on any atom is -0.352 e. The van der Waals surface area contributed by atoms with Crippen molar-refractivity contribution >= 4 is 18.1 Å². The van der Waals surface area contributed by atoms with E-state index in [9.17, 15) is 27.6 Å². The highest BCUT2D eigenvalue weighted by Crippen LogP contribution is 2.28. The smallest absolute Gasteiger partial charge is 0.352 e. The highest BCUT2D eigenvalue weighted by molar-refractivity contribution is 5.96. The molecule has 22 heavy (non-hydrogen) atoms. The van der Waals surface area contributed by atoms with Gasteiger partial charge in [-0.3, -0.25) is 9.59 Å². The van der Waals surface area contributed by atoms with Crippen molar-refractivity contribution in [2.24, 2.45) is 0 Å². The average Bonchev–Trinajstić information content (AvgIpc) is 2.85. The summed E-state index contributed by atoms with van der Waals surface area (Å²) in [5.41, 5.74) is -1.42. The second-order valence-corrected chi connectivity index (χ2v) is 4.86. The zero-order chi connectivity index (χ0) is 16.9. The first-order valence-corrected chi connectivity index (χ1v) is 6.43. The Hall–Kier alpha value is -2.32. The molecule has 0 bridgehead atoms. The Bertz CT molecular complexity index is 552. The van der Waals surface area contributed by atoms with E-state index in [1.165, 1.54) is 0 Å². The molecule has 6 nitrogen and oxygen atoms in total. The van der Waals surface area contributed by atoms with Crippen LogP contribution in [-0.4, -0.2) is 47.1 Å². The van der Waals surface area contributed by atoms with Gasteiger partial charge in [0, 0.05) is 6.04 Å². The second kappa shape index (κ2) is 7.10. The van der Waals surface area contributed by atoms with Crippen LogP contribution >= 0.6 is 0 Å². The number of amides is 2. The number of aromatic nitrogens is 1. The minimum absolute atomic E-state index is 0.164. The van der Waals surface area contributed by atoms with Crippen molar-refractivity contribution < 1.29 is 27.6 Å². The Morgan fingerprint density at radius 2 is 2.00 bits per heavy atom. The van der Waals surface area contributed by atoms with Gasteiger partial charge in [0.2, 0.25) is 5.91 Å². The molecule has 0 saturated heterocycles. The highest BCUT2D eigenvalue weighted by atomic mass is 19.4. The fraction of sp³-hybridized carbons (Fsp3) is 0.462. The zero-order valence-corrected chi connectivity index (χ0v) is 12.0. The Labute approximate surface area is 124 Å². The number of carbonyl (C=O) groups excluding carboxylic acids is 3. The molecule has 0 radical (unpaired) electrons. The van der Waals surface area contributed by atoms with Gasteiger partial charge in [-0.1, -0.05) is 0 Å². The van der Waals surface area contributed by atoms with Gasteiger partial charge >= 0.3 is 6.18 Å². The lowest BCUT2D eigenvalue weighted by molar-refractivity contribution is -0.140. The topological polar surface area (TPSA) is 82.3 Å². The molecule has 1 aromatic rings. The number of halogens is 3. The lowest BCUT2D eigenvalue weighted by Crippen LogP contribution is -2.43. The van der Waals surface area contributed by atoms with E-state index in [0.717, 1.165) is 17.0 Å². The normalized spacial score (nSPS) is 11.4. The molecular formula is C13H16F3N3O3. The molecule has 0 aliphatic rings. The first kappa shape index (κ1) is 17.7. The van der Waals surface area contributed by atoms with Gasteiger partial charge in [-0.15, -0.1) is 0 Å². The van der Waals surface area contributed by atoms with Gasteiger partial charge in [0.1, 0.15) is 24.2 Å². The quantitative estimate of drug-likeness (QED) is 0.773. The lowest BCUT2D eigenvalue weighted by atomic mass is 10.3. The van der Waals surface area contributed by atoms with E-state index < -0.39 is 36.8 Å². The number of carbonyl (C=O) groups is 3. The van der Waals surface area contributed by atoms with E-state index in [2.05, 4.69) is 5.32 Å². The van der Waals surface area contributed by atoms with Crippen LogP contribution in [0, 0.1) is 0 Å². The molecule has 0 aliphatic carbocycles. The average molecular weight is 319 g/mol. The van der Waals surface area contributed by atoms with E-state index in [1.807, 2.05) is 4.98 Å². The molecule has 0 unspecified atom stereocenters. The predicted octanol–water partition coefficient (Wildman–Crippen LogP) is 1.20. The van der Waals surface area contributed by atoms with Gasteiger partial charge in [-0.25, -0.2) is 0 Å². The van der Waals surface area contributed by atoms with E-state index >= 15 is 0 Å². The maximum Gasteiger partial charge on any atom is 0.431 e. The van der Waals surface area contributed by atoms with Gasteiger partial charge in [-0.2, -0.15) is 13.2 Å². The third kappa shape index (κ3) is 4.90. The van der Waals surface area contributed by atoms with Gasteiger partial charge in [0.15, 0.2) is 0 Å². The number of rotatable bonds is 6. The summed E-state index contributed by atoms with van der Waals surface area (Å²) in [5, 5.41) is 2.53. The van der Waals surface area contributed by atoms with Gasteiger partial charge in [-0.05, 0) is 26.0 Å². The van der Waals surface area contributed by atoms with Crippen LogP contribution in [0.15, 0.2) is 12.1 Å². The Balaban J connectivity index is 2.87. The van der Waals surface area contributed by atoms with Crippen LogP contribution < -0.4 is 5.32 Å². The summed E-state index contributed by atoms with van der Waals surface area (Å²) in [5.74, 6) is -1.37. The van der Waals surface area contributed by atoms with Crippen molar-refractivity contribution in [3.05, 3.63) is 23.5 Å². The van der Waals surface area contributed by atoms with E-state index in [-0.39, 0.29) is 11.7 Å². The molecule has 122 valence electrons.